The highest BCUT2D eigenvalue weighted by molar-refractivity contribution is 5.80. The molecule has 2 aromatic heterocycles. The summed E-state index contributed by atoms with van der Waals surface area (Å²) in [6.07, 6.45) is -1.33. The van der Waals surface area contributed by atoms with Gasteiger partial charge < -0.3 is 29.9 Å². The van der Waals surface area contributed by atoms with Crippen LogP contribution in [0.5, 0.6) is 0 Å². The first-order valence-electron chi connectivity index (χ1n) is 12.8. The first-order valence-corrected chi connectivity index (χ1v) is 12.8. The lowest BCUT2D eigenvalue weighted by Gasteiger charge is -2.24. The maximum atomic E-state index is 13.4. The number of ether oxygens (including phenoxy) is 1. The predicted octanol–water partition coefficient (Wildman–Crippen LogP) is -0.596. The lowest BCUT2D eigenvalue weighted by molar-refractivity contribution is -0.128. The second-order valence-electron chi connectivity index (χ2n) is 9.94. The van der Waals surface area contributed by atoms with Crippen LogP contribution in [0, 0.1) is 13.8 Å². The van der Waals surface area contributed by atoms with Gasteiger partial charge in [0.1, 0.15) is 24.9 Å². The smallest absolute Gasteiger partial charge is 0.281 e. The number of carbonyl (C=O) groups is 1. The Morgan fingerprint density at radius 2 is 1.97 bits per heavy atom. The van der Waals surface area contributed by atoms with E-state index in [1.165, 1.54) is 9.25 Å². The van der Waals surface area contributed by atoms with Crippen molar-refractivity contribution in [2.24, 2.45) is 7.05 Å². The number of hydrogen-bond donors (Lipinski definition) is 4. The molecule has 4 atom stereocenters. The molecule has 4 rings (SSSR count). The maximum absolute atomic E-state index is 13.4. The minimum absolute atomic E-state index is 0.00913. The van der Waals surface area contributed by atoms with Gasteiger partial charge in [-0.15, -0.1) is 5.10 Å². The lowest BCUT2D eigenvalue weighted by atomic mass is 10.1. The monoisotopic (exact) mass is 529 g/mol. The Morgan fingerprint density at radius 3 is 2.66 bits per heavy atom. The highest BCUT2D eigenvalue weighted by Gasteiger charge is 2.28. The standard InChI is InChI=1S/C25H35N7O6/c1-14-9-18-19(10-15(14)2)32(25(37)22(27-18)24-28-29-30-31(24)3)11-20(34)23(36)21(35)13-38-12-17(33)7-6-16-5-4-8-26-16/h9-10,16,20-21,23,26,34-36H,4-8,11-13H2,1-3H3/t16-,20-,21+,23-/m0/s1. The minimum atomic E-state index is -1.63. The van der Waals surface area contributed by atoms with Gasteiger partial charge >= 0.3 is 0 Å². The molecule has 1 aliphatic heterocycles. The van der Waals surface area contributed by atoms with E-state index in [9.17, 15) is 24.9 Å². The molecule has 38 heavy (non-hydrogen) atoms. The first-order chi connectivity index (χ1) is 18.2. The SMILES string of the molecule is Cc1cc2nc(-c3nnnn3C)c(=O)n(C[C@H](O)[C@H](O)[C@H](O)COCC(=O)CC[C@@H]3CCCN3)c2cc1C. The van der Waals surface area contributed by atoms with Crippen LogP contribution < -0.4 is 10.9 Å². The van der Waals surface area contributed by atoms with Gasteiger partial charge in [0.2, 0.25) is 5.82 Å². The number of rotatable bonds is 12. The summed E-state index contributed by atoms with van der Waals surface area (Å²) in [4.78, 5) is 30.0. The van der Waals surface area contributed by atoms with Crippen molar-refractivity contribution in [2.75, 3.05) is 19.8 Å². The third-order valence-electron chi connectivity index (χ3n) is 7.04. The molecule has 1 aliphatic rings. The van der Waals surface area contributed by atoms with Crippen LogP contribution in [-0.2, 0) is 23.1 Å². The van der Waals surface area contributed by atoms with Crippen LogP contribution in [0.15, 0.2) is 16.9 Å². The normalized spacial score (nSPS) is 18.1. The molecule has 0 aliphatic carbocycles. The summed E-state index contributed by atoms with van der Waals surface area (Å²) < 4.78 is 7.91. The number of nitrogens with one attached hydrogen (secondary N) is 1. The highest BCUT2D eigenvalue weighted by Crippen LogP contribution is 2.20. The van der Waals surface area contributed by atoms with Crippen molar-refractivity contribution in [1.29, 1.82) is 0 Å². The van der Waals surface area contributed by atoms with E-state index in [0.717, 1.165) is 36.9 Å². The Bertz CT molecular complexity index is 1330. The first kappa shape index (κ1) is 27.9. The van der Waals surface area contributed by atoms with Crippen molar-refractivity contribution < 1.29 is 24.9 Å². The molecule has 0 bridgehead atoms. The molecule has 0 unspecified atom stereocenters. The van der Waals surface area contributed by atoms with Gasteiger partial charge in [-0.1, -0.05) is 0 Å². The summed E-state index contributed by atoms with van der Waals surface area (Å²) in [5.74, 6) is 0.0629. The maximum Gasteiger partial charge on any atom is 0.281 e. The Balaban J connectivity index is 1.45. The van der Waals surface area contributed by atoms with E-state index in [2.05, 4.69) is 25.8 Å². The third kappa shape index (κ3) is 6.30. The van der Waals surface area contributed by atoms with Gasteiger partial charge in [-0.05, 0) is 73.3 Å². The van der Waals surface area contributed by atoms with E-state index in [4.69, 9.17) is 4.74 Å². The van der Waals surface area contributed by atoms with E-state index in [-0.39, 0.29) is 37.1 Å². The molecule has 1 saturated heterocycles. The summed E-state index contributed by atoms with van der Waals surface area (Å²) in [5.41, 5.74) is 2.25. The van der Waals surface area contributed by atoms with Gasteiger partial charge in [-0.25, -0.2) is 9.67 Å². The van der Waals surface area contributed by atoms with E-state index >= 15 is 0 Å². The zero-order chi connectivity index (χ0) is 27.4. The van der Waals surface area contributed by atoms with Crippen molar-refractivity contribution >= 4 is 16.8 Å². The number of aliphatic hydroxyl groups is 3. The van der Waals surface area contributed by atoms with Crippen LogP contribution in [0.1, 0.15) is 36.8 Å². The molecule has 0 spiro atoms. The topological polar surface area (TPSA) is 178 Å². The summed E-state index contributed by atoms with van der Waals surface area (Å²) in [6, 6.07) is 3.95. The number of aliphatic hydroxyl groups excluding tert-OH is 3. The molecule has 1 aromatic carbocycles. The fourth-order valence-electron chi connectivity index (χ4n) is 4.61. The predicted molar refractivity (Wildman–Crippen MR) is 137 cm³/mol. The molecule has 4 N–H and O–H groups in total. The Hall–Kier alpha value is -3.10. The molecule has 206 valence electrons. The Kier molecular flexibility index (Phi) is 8.95. The van der Waals surface area contributed by atoms with Crippen LogP contribution in [0.3, 0.4) is 0 Å². The van der Waals surface area contributed by atoms with Gasteiger partial charge in [0.05, 0.1) is 24.2 Å². The third-order valence-corrected chi connectivity index (χ3v) is 7.04. The molecular formula is C25H35N7O6. The van der Waals surface area contributed by atoms with Crippen LogP contribution >= 0.6 is 0 Å². The zero-order valence-electron chi connectivity index (χ0n) is 21.9. The number of Topliss-reactive ketones (excluding diaryl/α,β-unsaturated/α-hetero) is 1. The average molecular weight is 530 g/mol. The van der Waals surface area contributed by atoms with Crippen molar-refractivity contribution in [3.63, 3.8) is 0 Å². The van der Waals surface area contributed by atoms with E-state index in [1.807, 2.05) is 19.9 Å². The summed E-state index contributed by atoms with van der Waals surface area (Å²) in [5, 5.41) is 46.3. The van der Waals surface area contributed by atoms with Crippen LogP contribution in [0.2, 0.25) is 0 Å². The van der Waals surface area contributed by atoms with Gasteiger partial charge in [0.15, 0.2) is 11.5 Å². The summed E-state index contributed by atoms with van der Waals surface area (Å²) in [6.45, 7) is 3.93. The Morgan fingerprint density at radius 1 is 1.21 bits per heavy atom. The van der Waals surface area contributed by atoms with Gasteiger partial charge in [0, 0.05) is 19.5 Å². The molecule has 1 fully saturated rings. The molecular weight excluding hydrogens is 494 g/mol. The number of nitrogens with zero attached hydrogens (tertiary/aromatic N) is 6. The van der Waals surface area contributed by atoms with Crippen molar-refractivity contribution in [2.45, 2.75) is 70.4 Å². The van der Waals surface area contributed by atoms with Gasteiger partial charge in [-0.2, -0.15) is 0 Å². The average Bonchev–Trinajstić information content (AvgIpc) is 3.56. The van der Waals surface area contributed by atoms with E-state index < -0.39 is 23.9 Å². The number of tetrazole rings is 1. The van der Waals surface area contributed by atoms with Crippen LogP contribution in [0.4, 0.5) is 0 Å². The largest absolute Gasteiger partial charge is 0.388 e. The fraction of sp³-hybridized carbons (Fsp3) is 0.600. The molecule has 13 heteroatoms. The Labute approximate surface area is 219 Å². The number of carbonyl (C=O) groups excluding carboxylic acids is 1. The van der Waals surface area contributed by atoms with Crippen LogP contribution in [-0.4, -0.2) is 95.0 Å². The second kappa shape index (κ2) is 12.2. The zero-order valence-corrected chi connectivity index (χ0v) is 21.9. The van der Waals surface area contributed by atoms with Crippen LogP contribution in [0.25, 0.3) is 22.6 Å². The molecule has 0 amide bonds. The molecule has 0 radical (unpaired) electrons. The van der Waals surface area contributed by atoms with Crippen molar-refractivity contribution in [1.82, 2.24) is 35.1 Å². The van der Waals surface area contributed by atoms with E-state index in [0.29, 0.717) is 23.5 Å². The summed E-state index contributed by atoms with van der Waals surface area (Å²) in [7, 11) is 1.58. The van der Waals surface area contributed by atoms with Gasteiger partial charge in [0.25, 0.3) is 5.56 Å². The second-order valence-corrected chi connectivity index (χ2v) is 9.94. The highest BCUT2D eigenvalue weighted by atomic mass is 16.5. The van der Waals surface area contributed by atoms with Gasteiger partial charge in [-0.3, -0.25) is 9.59 Å². The number of aryl methyl sites for hydroxylation is 3. The fourth-order valence-corrected chi connectivity index (χ4v) is 4.61. The lowest BCUT2D eigenvalue weighted by Crippen LogP contribution is -2.44. The number of ketones is 1. The quantitative estimate of drug-likeness (QED) is 0.236. The number of benzene rings is 1. The summed E-state index contributed by atoms with van der Waals surface area (Å²) >= 11 is 0. The molecule has 13 nitrogen and oxygen atoms in total. The number of fused-ring (bicyclic) bond motifs is 1. The van der Waals surface area contributed by atoms with Crippen molar-refractivity contribution in [3.8, 4) is 11.5 Å². The molecule has 3 heterocycles. The number of aromatic nitrogens is 6. The molecule has 0 saturated carbocycles. The molecule has 3 aromatic rings. The van der Waals surface area contributed by atoms with E-state index in [1.54, 1.807) is 13.1 Å². The number of hydrogen-bond acceptors (Lipinski definition) is 11. The minimum Gasteiger partial charge on any atom is -0.388 e. The van der Waals surface area contributed by atoms with Crippen molar-refractivity contribution in [3.05, 3.63) is 33.6 Å².